The fourth-order valence-electron chi connectivity index (χ4n) is 1.76. The van der Waals surface area contributed by atoms with Gasteiger partial charge >= 0.3 is 0 Å². The highest BCUT2D eigenvalue weighted by Gasteiger charge is 2.19. The molecular weight excluding hydrogens is 344 g/mol. The summed E-state index contributed by atoms with van der Waals surface area (Å²) in [4.78, 5) is 4.27. The Bertz CT molecular complexity index is 876. The third-order valence-electron chi connectivity index (χ3n) is 2.65. The van der Waals surface area contributed by atoms with E-state index in [0.29, 0.717) is 15.8 Å². The summed E-state index contributed by atoms with van der Waals surface area (Å²) < 4.78 is 29.2. The van der Waals surface area contributed by atoms with Crippen LogP contribution in [0.1, 0.15) is 0 Å². The Morgan fingerprint density at radius 2 is 2.00 bits per heavy atom. The van der Waals surface area contributed by atoms with E-state index in [4.69, 9.17) is 0 Å². The molecule has 0 aliphatic rings. The zero-order chi connectivity index (χ0) is 14.2. The van der Waals surface area contributed by atoms with Crippen LogP contribution < -0.4 is 4.72 Å². The minimum absolute atomic E-state index is 0.162. The maximum Gasteiger partial charge on any atom is 0.263 e. The lowest BCUT2D eigenvalue weighted by Gasteiger charge is -2.07. The molecule has 2 aromatic heterocycles. The molecule has 0 unspecified atom stereocenters. The Hall–Kier alpha value is -1.93. The standard InChI is InChI=1S/C12H9BrN4O2S/c13-9-4-1-2-5-11(9)20(18,19)16-10-8-15-17-7-3-6-14-12(10)17/h1-8,16H. The van der Waals surface area contributed by atoms with Crippen molar-refractivity contribution in [3.63, 3.8) is 0 Å². The SMILES string of the molecule is O=S(=O)(Nc1cnn2cccnc12)c1ccccc1Br. The molecule has 0 amide bonds. The normalized spacial score (nSPS) is 11.7. The van der Waals surface area contributed by atoms with Gasteiger partial charge in [-0.15, -0.1) is 0 Å². The largest absolute Gasteiger partial charge is 0.274 e. The lowest BCUT2D eigenvalue weighted by atomic mass is 10.4. The molecule has 0 aliphatic carbocycles. The van der Waals surface area contributed by atoms with Crippen LogP contribution in [-0.4, -0.2) is 23.0 Å². The lowest BCUT2D eigenvalue weighted by molar-refractivity contribution is 0.601. The molecule has 1 aromatic carbocycles. The van der Waals surface area contributed by atoms with Gasteiger partial charge in [0.25, 0.3) is 10.0 Å². The van der Waals surface area contributed by atoms with Crippen LogP contribution in [0.4, 0.5) is 5.69 Å². The number of anilines is 1. The maximum atomic E-state index is 12.4. The van der Waals surface area contributed by atoms with Crippen LogP contribution in [0.3, 0.4) is 0 Å². The van der Waals surface area contributed by atoms with Gasteiger partial charge in [-0.1, -0.05) is 12.1 Å². The topological polar surface area (TPSA) is 76.4 Å². The van der Waals surface area contributed by atoms with Gasteiger partial charge in [-0.05, 0) is 34.1 Å². The van der Waals surface area contributed by atoms with Gasteiger partial charge in [-0.2, -0.15) is 5.10 Å². The molecule has 3 rings (SSSR count). The molecule has 0 bridgehead atoms. The van der Waals surface area contributed by atoms with E-state index in [9.17, 15) is 8.42 Å². The predicted octanol–water partition coefficient (Wildman–Crippen LogP) is 2.29. The summed E-state index contributed by atoms with van der Waals surface area (Å²) in [6, 6.07) is 8.31. The van der Waals surface area contributed by atoms with E-state index in [2.05, 4.69) is 30.7 Å². The van der Waals surface area contributed by atoms with Gasteiger partial charge in [-0.25, -0.2) is 17.9 Å². The fourth-order valence-corrected chi connectivity index (χ4v) is 3.81. The van der Waals surface area contributed by atoms with Gasteiger partial charge in [0.15, 0.2) is 5.65 Å². The molecule has 102 valence electrons. The Morgan fingerprint density at radius 3 is 2.80 bits per heavy atom. The number of sulfonamides is 1. The molecule has 0 spiro atoms. The van der Waals surface area contributed by atoms with Gasteiger partial charge in [0, 0.05) is 16.9 Å². The van der Waals surface area contributed by atoms with E-state index in [1.54, 1.807) is 36.7 Å². The first-order valence-electron chi connectivity index (χ1n) is 5.64. The number of hydrogen-bond acceptors (Lipinski definition) is 4. The van der Waals surface area contributed by atoms with E-state index in [1.807, 2.05) is 0 Å². The van der Waals surface area contributed by atoms with Crippen LogP contribution in [0.5, 0.6) is 0 Å². The maximum absolute atomic E-state index is 12.4. The van der Waals surface area contributed by atoms with Crippen molar-refractivity contribution in [1.29, 1.82) is 0 Å². The second kappa shape index (κ2) is 4.88. The molecule has 6 nitrogen and oxygen atoms in total. The Morgan fingerprint density at radius 1 is 1.20 bits per heavy atom. The summed E-state index contributed by atoms with van der Waals surface area (Å²) >= 11 is 3.23. The van der Waals surface area contributed by atoms with Crippen LogP contribution >= 0.6 is 15.9 Å². The molecule has 0 saturated heterocycles. The Kier molecular flexibility index (Phi) is 3.19. The molecule has 0 aliphatic heterocycles. The molecule has 8 heteroatoms. The number of fused-ring (bicyclic) bond motifs is 1. The van der Waals surface area contributed by atoms with E-state index in [0.717, 1.165) is 0 Å². The first-order chi connectivity index (χ1) is 9.58. The highest BCUT2D eigenvalue weighted by Crippen LogP contribution is 2.24. The molecule has 20 heavy (non-hydrogen) atoms. The van der Waals surface area contributed by atoms with Crippen molar-refractivity contribution in [2.24, 2.45) is 0 Å². The molecule has 0 saturated carbocycles. The first kappa shape index (κ1) is 13.1. The zero-order valence-corrected chi connectivity index (χ0v) is 12.5. The third kappa shape index (κ3) is 2.27. The van der Waals surface area contributed by atoms with Crippen molar-refractivity contribution in [3.05, 3.63) is 53.4 Å². The Balaban J connectivity index is 2.04. The summed E-state index contributed by atoms with van der Waals surface area (Å²) in [5.41, 5.74) is 0.782. The number of nitrogens with one attached hydrogen (secondary N) is 1. The van der Waals surface area contributed by atoms with E-state index < -0.39 is 10.0 Å². The van der Waals surface area contributed by atoms with E-state index >= 15 is 0 Å². The van der Waals surface area contributed by atoms with Crippen LogP contribution in [0, 0.1) is 0 Å². The zero-order valence-electron chi connectivity index (χ0n) is 10.1. The second-order valence-electron chi connectivity index (χ2n) is 3.98. The van der Waals surface area contributed by atoms with Gasteiger partial charge < -0.3 is 0 Å². The van der Waals surface area contributed by atoms with E-state index in [-0.39, 0.29) is 4.90 Å². The van der Waals surface area contributed by atoms with Crippen molar-refractivity contribution in [3.8, 4) is 0 Å². The number of nitrogens with zero attached hydrogens (tertiary/aromatic N) is 3. The van der Waals surface area contributed by atoms with Crippen molar-refractivity contribution in [1.82, 2.24) is 14.6 Å². The monoisotopic (exact) mass is 352 g/mol. The minimum atomic E-state index is -3.70. The second-order valence-corrected chi connectivity index (χ2v) is 6.49. The Labute approximate surface area is 123 Å². The minimum Gasteiger partial charge on any atom is -0.274 e. The summed E-state index contributed by atoms with van der Waals surface area (Å²) in [6.45, 7) is 0. The quantitative estimate of drug-likeness (QED) is 0.784. The van der Waals surface area contributed by atoms with Gasteiger partial charge in [0.05, 0.1) is 6.20 Å². The third-order valence-corrected chi connectivity index (χ3v) is 5.03. The predicted molar refractivity (Wildman–Crippen MR) is 77.9 cm³/mol. The number of rotatable bonds is 3. The van der Waals surface area contributed by atoms with Crippen LogP contribution in [0.2, 0.25) is 0 Å². The molecule has 2 heterocycles. The number of aromatic nitrogens is 3. The van der Waals surface area contributed by atoms with Crippen molar-refractivity contribution in [2.45, 2.75) is 4.90 Å². The first-order valence-corrected chi connectivity index (χ1v) is 7.91. The summed E-state index contributed by atoms with van der Waals surface area (Å²) in [7, 11) is -3.70. The van der Waals surface area contributed by atoms with Gasteiger partial charge in [0.2, 0.25) is 0 Å². The average molecular weight is 353 g/mol. The molecule has 0 radical (unpaired) electrons. The highest BCUT2D eigenvalue weighted by atomic mass is 79.9. The van der Waals surface area contributed by atoms with Gasteiger partial charge in [0.1, 0.15) is 10.6 Å². The van der Waals surface area contributed by atoms with Crippen molar-refractivity contribution >= 4 is 37.3 Å². The summed E-state index contributed by atoms with van der Waals surface area (Å²) in [6.07, 6.45) is 4.70. The van der Waals surface area contributed by atoms with Crippen molar-refractivity contribution in [2.75, 3.05) is 4.72 Å². The smallest absolute Gasteiger partial charge is 0.263 e. The van der Waals surface area contributed by atoms with Crippen LogP contribution in [0.15, 0.2) is 58.3 Å². The number of benzene rings is 1. The fraction of sp³-hybridized carbons (Fsp3) is 0. The number of halogens is 1. The summed E-state index contributed by atoms with van der Waals surface area (Å²) in [5, 5.41) is 4.03. The van der Waals surface area contributed by atoms with Crippen molar-refractivity contribution < 1.29 is 8.42 Å². The highest BCUT2D eigenvalue weighted by molar-refractivity contribution is 9.10. The molecule has 3 aromatic rings. The molecule has 0 fully saturated rings. The van der Waals surface area contributed by atoms with Crippen LogP contribution in [-0.2, 0) is 10.0 Å². The molecule has 0 atom stereocenters. The van der Waals surface area contributed by atoms with Gasteiger partial charge in [-0.3, -0.25) is 4.72 Å². The lowest BCUT2D eigenvalue weighted by Crippen LogP contribution is -2.13. The number of hydrogen-bond donors (Lipinski definition) is 1. The van der Waals surface area contributed by atoms with Crippen LogP contribution in [0.25, 0.3) is 5.65 Å². The molecule has 1 N–H and O–H groups in total. The summed E-state index contributed by atoms with van der Waals surface area (Å²) in [5.74, 6) is 0. The average Bonchev–Trinajstić information content (AvgIpc) is 2.82. The van der Waals surface area contributed by atoms with E-state index in [1.165, 1.54) is 16.8 Å². The molecular formula is C12H9BrN4O2S.